The third-order valence-electron chi connectivity index (χ3n) is 5.26. The highest BCUT2D eigenvalue weighted by molar-refractivity contribution is 6.34. The molecule has 0 radical (unpaired) electrons. The van der Waals surface area contributed by atoms with Crippen molar-refractivity contribution in [2.45, 2.75) is 33.7 Å². The van der Waals surface area contributed by atoms with Crippen LogP contribution in [-0.4, -0.2) is 30.2 Å². The Balaban J connectivity index is 1.83. The van der Waals surface area contributed by atoms with E-state index in [0.717, 1.165) is 23.1 Å². The Morgan fingerprint density at radius 1 is 0.941 bits per heavy atom. The lowest BCUT2D eigenvalue weighted by Gasteiger charge is -2.14. The Morgan fingerprint density at radius 2 is 1.68 bits per heavy atom. The molecule has 0 bridgehead atoms. The second-order valence-electron chi connectivity index (χ2n) is 7.76. The van der Waals surface area contributed by atoms with E-state index in [9.17, 15) is 14.7 Å². The minimum absolute atomic E-state index is 0.212. The van der Waals surface area contributed by atoms with Crippen LogP contribution in [0.3, 0.4) is 0 Å². The Bertz CT molecular complexity index is 1190. The van der Waals surface area contributed by atoms with E-state index < -0.39 is 5.97 Å². The number of rotatable bonds is 10. The summed E-state index contributed by atoms with van der Waals surface area (Å²) in [6, 6.07) is 15.9. The molecule has 0 heterocycles. The Hall–Kier alpha value is -3.51. The maximum atomic E-state index is 12.8. The lowest BCUT2D eigenvalue weighted by Crippen LogP contribution is -2.23. The minimum atomic E-state index is -0.972. The highest BCUT2D eigenvalue weighted by atomic mass is 35.5. The molecule has 1 amide bonds. The van der Waals surface area contributed by atoms with Crippen molar-refractivity contribution in [2.75, 3.05) is 13.2 Å². The van der Waals surface area contributed by atoms with Crippen LogP contribution in [0.1, 0.15) is 52.1 Å². The van der Waals surface area contributed by atoms with Gasteiger partial charge >= 0.3 is 5.97 Å². The minimum Gasteiger partial charge on any atom is -0.494 e. The summed E-state index contributed by atoms with van der Waals surface area (Å²) in [7, 11) is 0. The van der Waals surface area contributed by atoms with Gasteiger partial charge in [-0.05, 0) is 73.4 Å². The van der Waals surface area contributed by atoms with Crippen molar-refractivity contribution in [1.29, 1.82) is 0 Å². The molecule has 3 rings (SSSR count). The lowest BCUT2D eigenvalue weighted by molar-refractivity contribution is 0.0696. The fraction of sp³-hybridized carbons (Fsp3) is 0.259. The van der Waals surface area contributed by atoms with Crippen LogP contribution in [0.5, 0.6) is 11.5 Å². The molecule has 0 fully saturated rings. The molecule has 0 aliphatic rings. The predicted octanol–water partition coefficient (Wildman–Crippen LogP) is 6.13. The second-order valence-corrected chi connectivity index (χ2v) is 8.17. The van der Waals surface area contributed by atoms with Crippen LogP contribution < -0.4 is 14.8 Å². The summed E-state index contributed by atoms with van der Waals surface area (Å²) in [5, 5.41) is 12.7. The van der Waals surface area contributed by atoms with Crippen molar-refractivity contribution in [3.05, 3.63) is 81.9 Å². The van der Waals surface area contributed by atoms with E-state index in [2.05, 4.69) is 5.32 Å². The highest BCUT2D eigenvalue weighted by Gasteiger charge is 2.14. The zero-order valence-electron chi connectivity index (χ0n) is 19.5. The topological polar surface area (TPSA) is 84.9 Å². The number of carbonyl (C=O) groups excluding carboxylic acids is 1. The van der Waals surface area contributed by atoms with Crippen LogP contribution in [0.25, 0.3) is 11.1 Å². The Kier molecular flexibility index (Phi) is 8.55. The second kappa shape index (κ2) is 11.6. The molecule has 0 aromatic heterocycles. The molecule has 0 aliphatic heterocycles. The van der Waals surface area contributed by atoms with Gasteiger partial charge < -0.3 is 19.9 Å². The zero-order chi connectivity index (χ0) is 24.7. The van der Waals surface area contributed by atoms with Gasteiger partial charge in [-0.15, -0.1) is 0 Å². The van der Waals surface area contributed by atoms with Crippen molar-refractivity contribution in [3.8, 4) is 22.6 Å². The molecule has 0 saturated heterocycles. The summed E-state index contributed by atoms with van der Waals surface area (Å²) in [6.45, 7) is 6.92. The molecule has 0 atom stereocenters. The average molecular weight is 482 g/mol. The zero-order valence-corrected chi connectivity index (χ0v) is 20.2. The summed E-state index contributed by atoms with van der Waals surface area (Å²) in [6.07, 6.45) is 0.876. The van der Waals surface area contributed by atoms with Gasteiger partial charge in [0.05, 0.1) is 29.4 Å². The monoisotopic (exact) mass is 481 g/mol. The number of ether oxygens (including phenoxy) is 2. The van der Waals surface area contributed by atoms with Crippen molar-refractivity contribution in [3.63, 3.8) is 0 Å². The molecule has 0 unspecified atom stereocenters. The van der Waals surface area contributed by atoms with Gasteiger partial charge in [-0.25, -0.2) is 4.79 Å². The quantitative estimate of drug-likeness (QED) is 0.364. The number of amides is 1. The molecule has 7 heteroatoms. The van der Waals surface area contributed by atoms with E-state index in [1.807, 2.05) is 38.1 Å². The number of aromatic carboxylic acids is 1. The maximum absolute atomic E-state index is 12.8. The molecule has 6 nitrogen and oxygen atoms in total. The number of carboxylic acid groups (broad SMARTS) is 1. The van der Waals surface area contributed by atoms with Gasteiger partial charge in [-0.3, -0.25) is 4.79 Å². The van der Waals surface area contributed by atoms with Crippen molar-refractivity contribution >= 4 is 23.5 Å². The first-order valence-electron chi connectivity index (χ1n) is 11.1. The number of hydrogen-bond donors (Lipinski definition) is 2. The molecular formula is C27H28ClNO5. The highest BCUT2D eigenvalue weighted by Crippen LogP contribution is 2.29. The molecule has 0 spiro atoms. The van der Waals surface area contributed by atoms with Crippen LogP contribution in [0.2, 0.25) is 5.02 Å². The van der Waals surface area contributed by atoms with Gasteiger partial charge in [-0.2, -0.15) is 0 Å². The molecule has 178 valence electrons. The summed E-state index contributed by atoms with van der Waals surface area (Å²) in [5.74, 6) is -0.0238. The summed E-state index contributed by atoms with van der Waals surface area (Å²) < 4.78 is 11.3. The Morgan fingerprint density at radius 3 is 2.35 bits per heavy atom. The number of hydrogen-bond acceptors (Lipinski definition) is 4. The maximum Gasteiger partial charge on any atom is 0.335 e. The predicted molar refractivity (Wildman–Crippen MR) is 133 cm³/mol. The van der Waals surface area contributed by atoms with E-state index in [1.54, 1.807) is 37.3 Å². The van der Waals surface area contributed by atoms with E-state index in [0.29, 0.717) is 40.9 Å². The summed E-state index contributed by atoms with van der Waals surface area (Å²) in [4.78, 5) is 24.3. The number of carbonyl (C=O) groups is 2. The third-order valence-corrected chi connectivity index (χ3v) is 5.57. The standard InChI is InChI=1S/C27H28ClNO5/c1-4-12-34-21-9-10-22(24(28)15-21)26(30)29-16-20-13-18(8-11-25(20)33-5-2)19-7-6-17(3)23(14-19)27(31)32/h6-11,13-15H,4-5,12,16H2,1-3H3,(H,29,30)(H,31,32). The average Bonchev–Trinajstić information content (AvgIpc) is 2.82. The van der Waals surface area contributed by atoms with Crippen LogP contribution in [0.4, 0.5) is 0 Å². The molecule has 0 saturated carbocycles. The number of benzene rings is 3. The van der Waals surface area contributed by atoms with Gasteiger partial charge in [0, 0.05) is 12.1 Å². The van der Waals surface area contributed by atoms with Gasteiger partial charge in [0.2, 0.25) is 0 Å². The van der Waals surface area contributed by atoms with Crippen molar-refractivity contribution < 1.29 is 24.2 Å². The Labute approximate surface area is 204 Å². The number of carboxylic acids is 1. The molecule has 2 N–H and O–H groups in total. The molecule has 34 heavy (non-hydrogen) atoms. The number of nitrogens with one attached hydrogen (secondary N) is 1. The van der Waals surface area contributed by atoms with Crippen molar-refractivity contribution in [1.82, 2.24) is 5.32 Å². The molecule has 0 aliphatic carbocycles. The third kappa shape index (κ3) is 6.08. The number of aryl methyl sites for hydroxylation is 1. The van der Waals surface area contributed by atoms with Gasteiger partial charge in [0.15, 0.2) is 0 Å². The van der Waals surface area contributed by atoms with Gasteiger partial charge in [0.1, 0.15) is 11.5 Å². The first-order chi connectivity index (χ1) is 16.3. The van der Waals surface area contributed by atoms with Crippen LogP contribution in [-0.2, 0) is 6.54 Å². The molecular weight excluding hydrogens is 454 g/mol. The van der Waals surface area contributed by atoms with Crippen LogP contribution in [0, 0.1) is 6.92 Å². The van der Waals surface area contributed by atoms with E-state index in [-0.39, 0.29) is 18.0 Å². The van der Waals surface area contributed by atoms with E-state index >= 15 is 0 Å². The fourth-order valence-corrected chi connectivity index (χ4v) is 3.74. The van der Waals surface area contributed by atoms with E-state index in [1.165, 1.54) is 0 Å². The first kappa shape index (κ1) is 25.1. The first-order valence-corrected chi connectivity index (χ1v) is 11.5. The van der Waals surface area contributed by atoms with Crippen molar-refractivity contribution in [2.24, 2.45) is 0 Å². The SMILES string of the molecule is CCCOc1ccc(C(=O)NCc2cc(-c3ccc(C)c(C(=O)O)c3)ccc2OCC)c(Cl)c1. The summed E-state index contributed by atoms with van der Waals surface area (Å²) >= 11 is 6.31. The summed E-state index contributed by atoms with van der Waals surface area (Å²) in [5.41, 5.74) is 3.66. The van der Waals surface area contributed by atoms with Crippen LogP contribution in [0.15, 0.2) is 54.6 Å². The van der Waals surface area contributed by atoms with Gasteiger partial charge in [0.25, 0.3) is 5.91 Å². The van der Waals surface area contributed by atoms with Gasteiger partial charge in [-0.1, -0.05) is 36.7 Å². The smallest absolute Gasteiger partial charge is 0.335 e. The van der Waals surface area contributed by atoms with Crippen LogP contribution >= 0.6 is 11.6 Å². The lowest BCUT2D eigenvalue weighted by atomic mass is 9.98. The molecule has 3 aromatic carbocycles. The largest absolute Gasteiger partial charge is 0.494 e. The molecule has 3 aromatic rings. The fourth-order valence-electron chi connectivity index (χ4n) is 3.49. The number of halogens is 1. The van der Waals surface area contributed by atoms with E-state index in [4.69, 9.17) is 21.1 Å². The normalized spacial score (nSPS) is 10.6.